The van der Waals surface area contributed by atoms with Crippen molar-refractivity contribution in [1.29, 1.82) is 0 Å². The Balaban J connectivity index is 2.09. The van der Waals surface area contributed by atoms with Gasteiger partial charge in [0.25, 0.3) is 5.91 Å². The molecule has 0 radical (unpaired) electrons. The van der Waals surface area contributed by atoms with E-state index in [1.54, 1.807) is 11.3 Å². The van der Waals surface area contributed by atoms with E-state index in [1.807, 2.05) is 30.3 Å². The number of rotatable bonds is 3. The van der Waals surface area contributed by atoms with Crippen molar-refractivity contribution >= 4 is 27.5 Å². The van der Waals surface area contributed by atoms with Gasteiger partial charge < -0.3 is 4.57 Å². The third-order valence-electron chi connectivity index (χ3n) is 4.62. The summed E-state index contributed by atoms with van der Waals surface area (Å²) >= 11 is 1.55. The second-order valence-corrected chi connectivity index (χ2v) is 8.97. The molecule has 2 aromatic carbocycles. The highest BCUT2D eigenvalue weighted by Gasteiger charge is 2.15. The van der Waals surface area contributed by atoms with Gasteiger partial charge in [0.05, 0.1) is 10.2 Å². The molecule has 140 valence electrons. The van der Waals surface area contributed by atoms with Crippen LogP contribution in [-0.2, 0) is 12.0 Å². The number of carbonyl (C=O) groups is 1. The Morgan fingerprint density at radius 3 is 2.44 bits per heavy atom. The molecule has 0 spiro atoms. The number of hydrogen-bond acceptors (Lipinski definition) is 2. The Morgan fingerprint density at radius 2 is 1.85 bits per heavy atom. The molecule has 0 N–H and O–H groups in total. The number of aromatic nitrogens is 1. The summed E-state index contributed by atoms with van der Waals surface area (Å²) in [6, 6.07) is 12.1. The molecule has 1 amide bonds. The Morgan fingerprint density at radius 1 is 1.19 bits per heavy atom. The Hall–Kier alpha value is -2.46. The van der Waals surface area contributed by atoms with Crippen LogP contribution in [0.3, 0.4) is 0 Å². The lowest BCUT2D eigenvalue weighted by Gasteiger charge is -2.18. The van der Waals surface area contributed by atoms with Crippen LogP contribution in [0.4, 0.5) is 0 Å². The lowest BCUT2D eigenvalue weighted by molar-refractivity contribution is 0.0998. The summed E-state index contributed by atoms with van der Waals surface area (Å²) < 4.78 is 3.22. The van der Waals surface area contributed by atoms with E-state index in [4.69, 9.17) is 0 Å². The first kappa shape index (κ1) is 19.3. The van der Waals surface area contributed by atoms with E-state index in [-0.39, 0.29) is 11.3 Å². The van der Waals surface area contributed by atoms with Gasteiger partial charge in [-0.15, -0.1) is 6.58 Å². The molecular weight excluding hydrogens is 352 g/mol. The van der Waals surface area contributed by atoms with Gasteiger partial charge in [-0.25, -0.2) is 0 Å². The van der Waals surface area contributed by atoms with Gasteiger partial charge in [0.2, 0.25) is 0 Å². The van der Waals surface area contributed by atoms with E-state index in [0.717, 1.165) is 10.2 Å². The molecule has 1 heterocycles. The molecule has 0 fully saturated rings. The first-order chi connectivity index (χ1) is 12.7. The van der Waals surface area contributed by atoms with Gasteiger partial charge >= 0.3 is 0 Å². The van der Waals surface area contributed by atoms with Crippen LogP contribution in [0.2, 0.25) is 0 Å². The molecule has 3 nitrogen and oxygen atoms in total. The summed E-state index contributed by atoms with van der Waals surface area (Å²) in [5.74, 6) is -0.214. The summed E-state index contributed by atoms with van der Waals surface area (Å²) in [7, 11) is 0. The van der Waals surface area contributed by atoms with E-state index in [9.17, 15) is 4.79 Å². The van der Waals surface area contributed by atoms with Crippen LogP contribution in [0.25, 0.3) is 10.2 Å². The number of aryl methyl sites for hydroxylation is 2. The van der Waals surface area contributed by atoms with Gasteiger partial charge in [0.15, 0.2) is 4.80 Å². The van der Waals surface area contributed by atoms with E-state index >= 15 is 0 Å². The first-order valence-electron chi connectivity index (χ1n) is 9.12. The van der Waals surface area contributed by atoms with Crippen molar-refractivity contribution in [2.75, 3.05) is 0 Å². The minimum atomic E-state index is -0.214. The maximum atomic E-state index is 12.8. The van der Waals surface area contributed by atoms with Crippen LogP contribution in [0, 0.1) is 13.8 Å². The lowest BCUT2D eigenvalue weighted by atomic mass is 9.87. The van der Waals surface area contributed by atoms with Crippen LogP contribution in [0.1, 0.15) is 47.8 Å². The van der Waals surface area contributed by atoms with Gasteiger partial charge in [-0.2, -0.15) is 4.99 Å². The number of hydrogen-bond donors (Lipinski definition) is 0. The largest absolute Gasteiger partial charge is 0.312 e. The molecule has 0 saturated heterocycles. The SMILES string of the molecule is C=CCn1c(=NC(=O)c2ccc(C(C)(C)C)cc2)sc2cc(C)cc(C)c21. The second-order valence-electron chi connectivity index (χ2n) is 7.96. The highest BCUT2D eigenvalue weighted by molar-refractivity contribution is 7.16. The number of thiazole rings is 1. The summed E-state index contributed by atoms with van der Waals surface area (Å²) in [6.45, 7) is 15.1. The predicted molar refractivity (Wildman–Crippen MR) is 115 cm³/mol. The molecule has 0 saturated carbocycles. The van der Waals surface area contributed by atoms with Crippen molar-refractivity contribution in [3.63, 3.8) is 0 Å². The Bertz CT molecular complexity index is 1080. The summed E-state index contributed by atoms with van der Waals surface area (Å²) in [4.78, 5) is 17.9. The number of benzene rings is 2. The van der Waals surface area contributed by atoms with Crippen molar-refractivity contribution in [2.45, 2.75) is 46.6 Å². The van der Waals surface area contributed by atoms with Crippen molar-refractivity contribution in [3.05, 3.63) is 76.1 Å². The normalized spacial score (nSPS) is 12.6. The van der Waals surface area contributed by atoms with Gasteiger partial charge in [-0.05, 0) is 54.2 Å². The molecule has 0 atom stereocenters. The van der Waals surface area contributed by atoms with E-state index < -0.39 is 0 Å². The molecule has 0 bridgehead atoms. The number of nitrogens with zero attached hydrogens (tertiary/aromatic N) is 2. The van der Waals surface area contributed by atoms with Crippen molar-refractivity contribution < 1.29 is 4.79 Å². The fraction of sp³-hybridized carbons (Fsp3) is 0.304. The molecule has 4 heteroatoms. The quantitative estimate of drug-likeness (QED) is 0.551. The molecule has 1 aromatic heterocycles. The van der Waals surface area contributed by atoms with Gasteiger partial charge in [-0.3, -0.25) is 4.79 Å². The van der Waals surface area contributed by atoms with Crippen molar-refractivity contribution in [1.82, 2.24) is 4.57 Å². The second kappa shape index (κ2) is 7.28. The molecular formula is C23H26N2OS. The first-order valence-corrected chi connectivity index (χ1v) is 9.93. The topological polar surface area (TPSA) is 34.4 Å². The molecule has 0 aliphatic heterocycles. The molecule has 0 unspecified atom stereocenters. The number of amides is 1. The molecule has 0 aliphatic carbocycles. The van der Waals surface area contributed by atoms with Crippen molar-refractivity contribution in [2.24, 2.45) is 4.99 Å². The number of carbonyl (C=O) groups excluding carboxylic acids is 1. The zero-order valence-corrected chi connectivity index (χ0v) is 17.5. The predicted octanol–water partition coefficient (Wildman–Crippen LogP) is 5.54. The number of fused-ring (bicyclic) bond motifs is 1. The summed E-state index contributed by atoms with van der Waals surface area (Å²) in [5.41, 5.74) is 5.40. The monoisotopic (exact) mass is 378 g/mol. The molecule has 27 heavy (non-hydrogen) atoms. The highest BCUT2D eigenvalue weighted by Crippen LogP contribution is 2.24. The van der Waals surface area contributed by atoms with Crippen LogP contribution in [0.15, 0.2) is 54.0 Å². The summed E-state index contributed by atoms with van der Waals surface area (Å²) in [5, 5.41) is 0. The van der Waals surface area contributed by atoms with Crippen LogP contribution < -0.4 is 4.80 Å². The maximum Gasteiger partial charge on any atom is 0.279 e. The minimum Gasteiger partial charge on any atom is -0.312 e. The standard InChI is InChI=1S/C23H26N2OS/c1-7-12-25-20-16(3)13-15(2)14-19(20)27-22(25)24-21(26)17-8-10-18(11-9-17)23(4,5)6/h7-11,13-14H,1,12H2,2-6H3. The van der Waals surface area contributed by atoms with E-state index in [1.165, 1.54) is 16.7 Å². The molecule has 3 rings (SSSR count). The Kier molecular flexibility index (Phi) is 5.20. The maximum absolute atomic E-state index is 12.8. The fourth-order valence-corrected chi connectivity index (χ4v) is 4.45. The van der Waals surface area contributed by atoms with Crippen LogP contribution in [0.5, 0.6) is 0 Å². The number of allylic oxidation sites excluding steroid dienone is 1. The van der Waals surface area contributed by atoms with E-state index in [2.05, 4.69) is 62.9 Å². The van der Waals surface area contributed by atoms with Crippen LogP contribution >= 0.6 is 11.3 Å². The third-order valence-corrected chi connectivity index (χ3v) is 5.64. The summed E-state index contributed by atoms with van der Waals surface area (Å²) in [6.07, 6.45) is 1.84. The fourth-order valence-electron chi connectivity index (χ4n) is 3.24. The average Bonchev–Trinajstić information content (AvgIpc) is 2.92. The average molecular weight is 379 g/mol. The van der Waals surface area contributed by atoms with Gasteiger partial charge in [0.1, 0.15) is 0 Å². The Labute approximate surface area is 164 Å². The molecule has 0 aliphatic rings. The van der Waals surface area contributed by atoms with Gasteiger partial charge in [-0.1, -0.05) is 56.4 Å². The minimum absolute atomic E-state index is 0.0621. The zero-order chi connectivity index (χ0) is 19.8. The molecule has 3 aromatic rings. The van der Waals surface area contributed by atoms with Crippen molar-refractivity contribution in [3.8, 4) is 0 Å². The lowest BCUT2D eigenvalue weighted by Crippen LogP contribution is -2.17. The smallest absolute Gasteiger partial charge is 0.279 e. The van der Waals surface area contributed by atoms with Gasteiger partial charge in [0, 0.05) is 12.1 Å². The zero-order valence-electron chi connectivity index (χ0n) is 16.7. The highest BCUT2D eigenvalue weighted by atomic mass is 32.1. The third kappa shape index (κ3) is 3.96. The van der Waals surface area contributed by atoms with E-state index in [0.29, 0.717) is 16.9 Å². The van der Waals surface area contributed by atoms with Crippen LogP contribution in [-0.4, -0.2) is 10.5 Å².